The number of nitrogens with one attached hydrogen (secondary N) is 5. The standard InChI is InChI=1S/C63H109N5O30/c1-8-9-10-11-12-13-14-15-16-17-18-19-20-21-22-23-39(77)68-41-47(80)46(79)34(24-69)91-59(41)95-53-35(25-70)92-60(42(49(53)82)65-31(4)74)96-54-36(26-71)93-61(43(50(54)83)66-32(5)75)97-55-37(27-72)94-62(44(51(55)84)67-33(6)76)98-56-38(90-58(86)40(48(56)81)64-30(3)73)28-88-63-57(87-7)52(85)45(78)29(2)89-63/h13-14,29,34-38,40-63,69-72,78-86H,8-12,15-28H2,1-7H3,(H,64,73)(H,65,74)(H,66,75)(H,67,76)(H,68,77)/t29?,34?,35?,36?,37?,38?,40?,41?,42?,43?,44?,45-,46-,47-,48-,49-,50-,51-,52-,53-,54-,55-,56-,57?,58-,59+,60+,61+,62+,63-/m1/s1. The summed E-state index contributed by atoms with van der Waals surface area (Å²) in [6, 6.07) is -8.35. The highest BCUT2D eigenvalue weighted by Gasteiger charge is 2.58. The Morgan fingerprint density at radius 2 is 0.755 bits per heavy atom. The molecular formula is C63H109N5O30. The number of hydrogen-bond acceptors (Lipinski definition) is 30. The molecule has 98 heavy (non-hydrogen) atoms. The van der Waals surface area contributed by atoms with Crippen LogP contribution in [0.15, 0.2) is 12.2 Å². The topological polar surface area (TPSA) is 519 Å². The summed E-state index contributed by atoms with van der Waals surface area (Å²) in [6.45, 7) is 3.37. The van der Waals surface area contributed by atoms with E-state index in [1.54, 1.807) is 0 Å². The Hall–Kier alpha value is -3.91. The van der Waals surface area contributed by atoms with Crippen molar-refractivity contribution in [2.45, 2.75) is 315 Å². The highest BCUT2D eigenvalue weighted by molar-refractivity contribution is 5.76. The second kappa shape index (κ2) is 40.8. The SMILES string of the molecule is CCCCCCC=CCCCCCCCCCC(=O)NC1[C@H](O[C@@H]2C(CO)O[C@@H](O[C@@H]3C(CO)O[C@@H](O[C@@H]4C(CO)O[C@@H](O[C@@H]5C(CO[C@@H]6OC(C)[C@@H](O)[C@@H](O)C6OC)O[C@@H](O)C(NC(C)=O)[C@H]5O)C(NC(C)=O)[C@H]4O)C(NC(C)=O)[C@H]3O)C(NC(C)=O)[C@H]2O)OC(CO)[C@@H](O)[C@@H]1O. The molecule has 6 heterocycles. The Kier molecular flexibility index (Phi) is 34.6. The summed E-state index contributed by atoms with van der Waals surface area (Å²) in [4.78, 5) is 64.5. The van der Waals surface area contributed by atoms with Gasteiger partial charge in [-0.15, -0.1) is 0 Å². The van der Waals surface area contributed by atoms with Crippen LogP contribution in [0.2, 0.25) is 0 Å². The minimum Gasteiger partial charge on any atom is -0.394 e. The lowest BCUT2D eigenvalue weighted by Gasteiger charge is -2.51. The molecule has 0 bridgehead atoms. The van der Waals surface area contributed by atoms with Gasteiger partial charge < -0.3 is 150 Å². The molecule has 0 saturated carbocycles. The summed E-state index contributed by atoms with van der Waals surface area (Å²) in [7, 11) is 1.21. The second-order valence-electron chi connectivity index (χ2n) is 25.9. The van der Waals surface area contributed by atoms with E-state index in [0.717, 1.165) is 79.1 Å². The molecule has 18 N–H and O–H groups in total. The molecule has 0 aromatic carbocycles. The van der Waals surface area contributed by atoms with Crippen LogP contribution in [0, 0.1) is 0 Å². The summed E-state index contributed by atoms with van der Waals surface area (Å²) in [5, 5.41) is 158. The molecule has 566 valence electrons. The Morgan fingerprint density at radius 1 is 0.388 bits per heavy atom. The lowest BCUT2D eigenvalue weighted by Crippen LogP contribution is -2.72. The van der Waals surface area contributed by atoms with Crippen LogP contribution in [-0.2, 0) is 80.8 Å². The van der Waals surface area contributed by atoms with Crippen LogP contribution in [0.4, 0.5) is 0 Å². The first-order valence-electron chi connectivity index (χ1n) is 34.0. The molecule has 0 aliphatic carbocycles. The number of hydrogen-bond donors (Lipinski definition) is 18. The van der Waals surface area contributed by atoms with E-state index in [1.165, 1.54) is 39.7 Å². The van der Waals surface area contributed by atoms with E-state index >= 15 is 0 Å². The first-order chi connectivity index (χ1) is 46.7. The van der Waals surface area contributed by atoms with E-state index < -0.39 is 246 Å². The maximum absolute atomic E-state index is 13.4. The van der Waals surface area contributed by atoms with Gasteiger partial charge in [-0.1, -0.05) is 70.4 Å². The predicted octanol–water partition coefficient (Wildman–Crippen LogP) is -5.68. The monoisotopic (exact) mass is 1420 g/mol. The highest BCUT2D eigenvalue weighted by Crippen LogP contribution is 2.37. The number of carbonyl (C=O) groups is 5. The van der Waals surface area contributed by atoms with Crippen LogP contribution in [0.1, 0.15) is 131 Å². The highest BCUT2D eigenvalue weighted by atomic mass is 16.8. The van der Waals surface area contributed by atoms with E-state index in [2.05, 4.69) is 45.7 Å². The Balaban J connectivity index is 1.15. The van der Waals surface area contributed by atoms with Gasteiger partial charge in [0.05, 0.1) is 39.1 Å². The zero-order valence-electron chi connectivity index (χ0n) is 56.7. The minimum atomic E-state index is -2.05. The van der Waals surface area contributed by atoms with Crippen molar-refractivity contribution in [1.29, 1.82) is 0 Å². The van der Waals surface area contributed by atoms with Crippen molar-refractivity contribution in [2.24, 2.45) is 0 Å². The molecule has 6 rings (SSSR count). The molecule has 5 amide bonds. The van der Waals surface area contributed by atoms with Gasteiger partial charge in [0.25, 0.3) is 0 Å². The molecule has 12 unspecified atom stereocenters. The summed E-state index contributed by atoms with van der Waals surface area (Å²) in [5.41, 5.74) is 0. The predicted molar refractivity (Wildman–Crippen MR) is 334 cm³/mol. The van der Waals surface area contributed by atoms with Gasteiger partial charge in [0.15, 0.2) is 37.7 Å². The van der Waals surface area contributed by atoms with Gasteiger partial charge in [0.2, 0.25) is 29.5 Å². The molecule has 35 nitrogen and oxygen atoms in total. The van der Waals surface area contributed by atoms with E-state index in [9.17, 15) is 90.4 Å². The van der Waals surface area contributed by atoms with Gasteiger partial charge in [0, 0.05) is 41.2 Å². The van der Waals surface area contributed by atoms with Crippen molar-refractivity contribution in [2.75, 3.05) is 40.1 Å². The molecule has 30 atom stereocenters. The Morgan fingerprint density at radius 3 is 1.16 bits per heavy atom. The molecule has 6 saturated heterocycles. The van der Waals surface area contributed by atoms with E-state index in [-0.39, 0.29) is 6.42 Å². The lowest BCUT2D eigenvalue weighted by atomic mass is 9.93. The molecule has 0 aromatic rings. The average molecular weight is 1420 g/mol. The molecule has 6 aliphatic rings. The number of amides is 5. The molecule has 35 heteroatoms. The van der Waals surface area contributed by atoms with Crippen molar-refractivity contribution in [3.63, 3.8) is 0 Å². The average Bonchev–Trinajstić information content (AvgIpc) is 0.773. The number of aliphatic hydroxyl groups is 13. The summed E-state index contributed by atoms with van der Waals surface area (Å²) >= 11 is 0. The normalized spacial score (nSPS) is 40.0. The Labute approximate surface area is 569 Å². The molecule has 6 aliphatic heterocycles. The number of allylic oxidation sites excluding steroid dienone is 2. The van der Waals surface area contributed by atoms with E-state index in [1.807, 2.05) is 0 Å². The third-order valence-corrected chi connectivity index (χ3v) is 18.3. The maximum Gasteiger partial charge on any atom is 0.220 e. The van der Waals surface area contributed by atoms with Crippen LogP contribution in [-0.4, -0.2) is 320 Å². The van der Waals surface area contributed by atoms with Gasteiger partial charge in [-0.2, -0.15) is 0 Å². The fourth-order valence-corrected chi connectivity index (χ4v) is 13.0. The Bertz CT molecular complexity index is 2450. The van der Waals surface area contributed by atoms with E-state index in [4.69, 9.17) is 56.8 Å². The summed E-state index contributed by atoms with van der Waals surface area (Å²) in [6.07, 6.45) is -24.7. The molecule has 0 spiro atoms. The van der Waals surface area contributed by atoms with Crippen LogP contribution < -0.4 is 26.6 Å². The maximum atomic E-state index is 13.4. The fourth-order valence-electron chi connectivity index (χ4n) is 13.0. The third-order valence-electron chi connectivity index (χ3n) is 18.3. The summed E-state index contributed by atoms with van der Waals surface area (Å²) in [5.74, 6) is -3.71. The number of methoxy groups -OCH3 is 1. The van der Waals surface area contributed by atoms with Gasteiger partial charge in [-0.3, -0.25) is 24.0 Å². The summed E-state index contributed by atoms with van der Waals surface area (Å²) < 4.78 is 71.9. The lowest BCUT2D eigenvalue weighted by molar-refractivity contribution is -0.368. The van der Waals surface area contributed by atoms with Gasteiger partial charge in [0.1, 0.15) is 140 Å². The number of unbranched alkanes of at least 4 members (excludes halogenated alkanes) is 11. The van der Waals surface area contributed by atoms with Gasteiger partial charge in [-0.25, -0.2) is 0 Å². The zero-order chi connectivity index (χ0) is 72.1. The van der Waals surface area contributed by atoms with Crippen molar-refractivity contribution in [1.82, 2.24) is 26.6 Å². The molecule has 6 fully saturated rings. The second-order valence-corrected chi connectivity index (χ2v) is 25.9. The first-order valence-corrected chi connectivity index (χ1v) is 34.0. The first kappa shape index (κ1) is 83.0. The number of aliphatic hydroxyl groups excluding tert-OH is 13. The van der Waals surface area contributed by atoms with Crippen LogP contribution in [0.25, 0.3) is 0 Å². The number of ether oxygens (including phenoxy) is 12. The molecule has 0 radical (unpaired) electrons. The van der Waals surface area contributed by atoms with Crippen LogP contribution >= 0.6 is 0 Å². The minimum absolute atomic E-state index is 0.0169. The van der Waals surface area contributed by atoms with Crippen molar-refractivity contribution in [3.05, 3.63) is 12.2 Å². The van der Waals surface area contributed by atoms with Crippen molar-refractivity contribution >= 4 is 29.5 Å². The zero-order valence-corrected chi connectivity index (χ0v) is 56.7. The third kappa shape index (κ3) is 22.5. The number of carbonyl (C=O) groups excluding carboxylic acids is 5. The van der Waals surface area contributed by atoms with Crippen LogP contribution in [0.5, 0.6) is 0 Å². The van der Waals surface area contributed by atoms with Crippen molar-refractivity contribution < 1.29 is 147 Å². The quantitative estimate of drug-likeness (QED) is 0.0205. The fraction of sp³-hybridized carbons (Fsp3) is 0.889. The largest absolute Gasteiger partial charge is 0.394 e. The van der Waals surface area contributed by atoms with Gasteiger partial charge >= 0.3 is 0 Å². The van der Waals surface area contributed by atoms with E-state index in [0.29, 0.717) is 6.42 Å². The molecule has 0 aromatic heterocycles. The number of rotatable bonds is 36. The van der Waals surface area contributed by atoms with Crippen LogP contribution in [0.3, 0.4) is 0 Å². The van der Waals surface area contributed by atoms with Gasteiger partial charge in [-0.05, 0) is 39.0 Å². The molecular weight excluding hydrogens is 1310 g/mol. The van der Waals surface area contributed by atoms with Crippen molar-refractivity contribution in [3.8, 4) is 0 Å². The smallest absolute Gasteiger partial charge is 0.220 e.